The summed E-state index contributed by atoms with van der Waals surface area (Å²) in [5, 5.41) is 12.4. The second-order valence-corrected chi connectivity index (χ2v) is 7.18. The minimum absolute atomic E-state index is 0.123. The molecule has 1 N–H and O–H groups in total. The van der Waals surface area contributed by atoms with Crippen molar-refractivity contribution in [2.24, 2.45) is 0 Å². The van der Waals surface area contributed by atoms with Gasteiger partial charge in [0.1, 0.15) is 11.9 Å². The van der Waals surface area contributed by atoms with Crippen molar-refractivity contribution in [3.8, 4) is 28.6 Å². The monoisotopic (exact) mass is 412 g/mol. The van der Waals surface area contributed by atoms with Crippen LogP contribution in [0.3, 0.4) is 0 Å². The van der Waals surface area contributed by atoms with Crippen LogP contribution in [-0.4, -0.2) is 19.3 Å². The number of nitrogens with one attached hydrogen (secondary N) is 1. The number of rotatable bonds is 4. The lowest BCUT2D eigenvalue weighted by Crippen LogP contribution is -2.17. The van der Waals surface area contributed by atoms with Crippen LogP contribution in [0, 0.1) is 17.1 Å². The lowest BCUT2D eigenvalue weighted by Gasteiger charge is -2.10. The van der Waals surface area contributed by atoms with E-state index in [9.17, 15) is 14.4 Å². The Kier molecular flexibility index (Phi) is 4.56. The van der Waals surface area contributed by atoms with E-state index in [2.05, 4.69) is 21.4 Å². The number of hydrogen-bond donors (Lipinski definition) is 1. The Balaban J connectivity index is 1.64. The number of hydrogen-bond acceptors (Lipinski definition) is 5. The van der Waals surface area contributed by atoms with E-state index in [0.717, 1.165) is 6.42 Å². The SMILES string of the molecule is N#Cc1ccccc1Nc1nccc(-c2c(-c3ccc(F)cc3)c(=O)n3n2CCC3)n1. The average Bonchev–Trinajstić information content (AvgIpc) is 3.37. The predicted molar refractivity (Wildman–Crippen MR) is 114 cm³/mol. The van der Waals surface area contributed by atoms with E-state index in [1.165, 1.54) is 12.1 Å². The third-order valence-electron chi connectivity index (χ3n) is 5.30. The van der Waals surface area contributed by atoms with Crippen LogP contribution in [-0.2, 0) is 13.1 Å². The fourth-order valence-electron chi connectivity index (χ4n) is 3.91. The van der Waals surface area contributed by atoms with Crippen molar-refractivity contribution in [1.29, 1.82) is 5.26 Å². The molecule has 0 spiro atoms. The molecule has 0 fully saturated rings. The molecule has 3 heterocycles. The van der Waals surface area contributed by atoms with Crippen LogP contribution in [0.25, 0.3) is 22.5 Å². The van der Waals surface area contributed by atoms with Gasteiger partial charge in [-0.15, -0.1) is 0 Å². The first-order valence-corrected chi connectivity index (χ1v) is 9.85. The molecule has 0 bridgehead atoms. The van der Waals surface area contributed by atoms with Gasteiger partial charge in [0, 0.05) is 19.3 Å². The van der Waals surface area contributed by atoms with Gasteiger partial charge in [0.15, 0.2) is 0 Å². The molecule has 0 saturated carbocycles. The van der Waals surface area contributed by atoms with Gasteiger partial charge in [-0.3, -0.25) is 9.48 Å². The topological polar surface area (TPSA) is 88.5 Å². The Hall–Kier alpha value is -4.25. The molecule has 2 aromatic heterocycles. The van der Waals surface area contributed by atoms with Gasteiger partial charge in [0.25, 0.3) is 5.56 Å². The first kappa shape index (κ1) is 18.8. The molecule has 31 heavy (non-hydrogen) atoms. The number of para-hydroxylation sites is 1. The lowest BCUT2D eigenvalue weighted by atomic mass is 10.0. The number of nitriles is 1. The molecule has 0 atom stereocenters. The average molecular weight is 412 g/mol. The number of fused-ring (bicyclic) bond motifs is 1. The van der Waals surface area contributed by atoms with Gasteiger partial charge in [-0.25, -0.2) is 19.0 Å². The number of nitrogens with zero attached hydrogens (tertiary/aromatic N) is 5. The molecule has 0 amide bonds. The summed E-state index contributed by atoms with van der Waals surface area (Å²) in [6.07, 6.45) is 2.47. The number of benzene rings is 2. The largest absolute Gasteiger partial charge is 0.323 e. The maximum atomic E-state index is 13.5. The first-order chi connectivity index (χ1) is 15.2. The van der Waals surface area contributed by atoms with Crippen LogP contribution in [0.5, 0.6) is 0 Å². The molecule has 2 aromatic carbocycles. The Morgan fingerprint density at radius 3 is 2.61 bits per heavy atom. The minimum atomic E-state index is -0.359. The number of anilines is 2. The predicted octanol–water partition coefficient (Wildman–Crippen LogP) is 3.93. The third kappa shape index (κ3) is 3.26. The number of halogens is 1. The fourth-order valence-corrected chi connectivity index (χ4v) is 3.91. The van der Waals surface area contributed by atoms with Crippen LogP contribution in [0.2, 0.25) is 0 Å². The van der Waals surface area contributed by atoms with Crippen molar-refractivity contribution in [1.82, 2.24) is 19.3 Å². The quantitative estimate of drug-likeness (QED) is 0.549. The highest BCUT2D eigenvalue weighted by molar-refractivity contribution is 5.80. The van der Waals surface area contributed by atoms with E-state index in [0.29, 0.717) is 52.8 Å². The zero-order valence-corrected chi connectivity index (χ0v) is 16.4. The van der Waals surface area contributed by atoms with E-state index < -0.39 is 0 Å². The molecular weight excluding hydrogens is 395 g/mol. The molecule has 1 aliphatic heterocycles. The van der Waals surface area contributed by atoms with Gasteiger partial charge >= 0.3 is 0 Å². The van der Waals surface area contributed by atoms with Crippen LogP contribution >= 0.6 is 0 Å². The summed E-state index contributed by atoms with van der Waals surface area (Å²) in [7, 11) is 0. The molecule has 0 saturated heterocycles. The van der Waals surface area contributed by atoms with Crippen molar-refractivity contribution in [3.63, 3.8) is 0 Å². The second kappa shape index (κ2) is 7.54. The van der Waals surface area contributed by atoms with Crippen molar-refractivity contribution in [3.05, 3.63) is 82.5 Å². The molecule has 0 aliphatic carbocycles. The molecular formula is C23H17FN6O. The van der Waals surface area contributed by atoms with E-state index in [1.54, 1.807) is 47.3 Å². The normalized spacial score (nSPS) is 12.4. The molecule has 0 unspecified atom stereocenters. The lowest BCUT2D eigenvalue weighted by molar-refractivity contribution is 0.599. The molecule has 5 rings (SSSR count). The van der Waals surface area contributed by atoms with Crippen molar-refractivity contribution < 1.29 is 4.39 Å². The Morgan fingerprint density at radius 2 is 1.81 bits per heavy atom. The van der Waals surface area contributed by atoms with Crippen LogP contribution in [0.4, 0.5) is 16.0 Å². The van der Waals surface area contributed by atoms with Gasteiger partial charge in [0.05, 0.1) is 28.2 Å². The van der Waals surface area contributed by atoms with E-state index in [-0.39, 0.29) is 11.4 Å². The van der Waals surface area contributed by atoms with Crippen LogP contribution in [0.15, 0.2) is 65.6 Å². The summed E-state index contributed by atoms with van der Waals surface area (Å²) in [6, 6.07) is 16.9. The molecule has 8 heteroatoms. The molecule has 1 aliphatic rings. The van der Waals surface area contributed by atoms with Crippen molar-refractivity contribution >= 4 is 11.6 Å². The summed E-state index contributed by atoms with van der Waals surface area (Å²) in [5.41, 5.74) is 3.32. The van der Waals surface area contributed by atoms with Gasteiger partial charge < -0.3 is 5.32 Å². The second-order valence-electron chi connectivity index (χ2n) is 7.18. The first-order valence-electron chi connectivity index (χ1n) is 9.85. The van der Waals surface area contributed by atoms with E-state index >= 15 is 0 Å². The Labute approximate surface area is 177 Å². The van der Waals surface area contributed by atoms with Crippen LogP contribution < -0.4 is 10.9 Å². The standard InChI is InChI=1S/C23H17FN6O/c24-17-8-6-15(7-9-17)20-21(29-12-3-13-30(29)22(20)31)19-10-11-26-23(28-19)27-18-5-2-1-4-16(18)14-25/h1-2,4-11H,3,12-13H2,(H,26,27,28). The minimum Gasteiger partial charge on any atom is -0.323 e. The molecule has 152 valence electrons. The third-order valence-corrected chi connectivity index (χ3v) is 5.30. The van der Waals surface area contributed by atoms with E-state index in [4.69, 9.17) is 0 Å². The van der Waals surface area contributed by atoms with E-state index in [1.807, 2.05) is 10.7 Å². The smallest absolute Gasteiger partial charge is 0.275 e. The maximum absolute atomic E-state index is 13.5. The summed E-state index contributed by atoms with van der Waals surface area (Å²) in [4.78, 5) is 22.1. The molecule has 0 radical (unpaired) electrons. The Bertz CT molecular complexity index is 1380. The maximum Gasteiger partial charge on any atom is 0.275 e. The summed E-state index contributed by atoms with van der Waals surface area (Å²) in [5.74, 6) is -0.0434. The van der Waals surface area contributed by atoms with Gasteiger partial charge in [0.2, 0.25) is 5.95 Å². The van der Waals surface area contributed by atoms with Crippen LogP contribution in [0.1, 0.15) is 12.0 Å². The molecule has 4 aromatic rings. The molecule has 7 nitrogen and oxygen atoms in total. The summed E-state index contributed by atoms with van der Waals surface area (Å²) in [6.45, 7) is 1.31. The number of aromatic nitrogens is 4. The highest BCUT2D eigenvalue weighted by Crippen LogP contribution is 2.32. The fraction of sp³-hybridized carbons (Fsp3) is 0.130. The van der Waals surface area contributed by atoms with Crippen molar-refractivity contribution in [2.45, 2.75) is 19.5 Å². The summed E-state index contributed by atoms with van der Waals surface area (Å²) >= 11 is 0. The van der Waals surface area contributed by atoms with Gasteiger partial charge in [-0.05, 0) is 42.3 Å². The summed E-state index contributed by atoms with van der Waals surface area (Å²) < 4.78 is 17.1. The van der Waals surface area contributed by atoms with Crippen molar-refractivity contribution in [2.75, 3.05) is 5.32 Å². The highest BCUT2D eigenvalue weighted by Gasteiger charge is 2.26. The van der Waals surface area contributed by atoms with Gasteiger partial charge in [-0.1, -0.05) is 24.3 Å². The zero-order chi connectivity index (χ0) is 21.4. The highest BCUT2D eigenvalue weighted by atomic mass is 19.1. The Morgan fingerprint density at radius 1 is 1.03 bits per heavy atom. The zero-order valence-electron chi connectivity index (χ0n) is 16.4. The van der Waals surface area contributed by atoms with Gasteiger partial charge in [-0.2, -0.15) is 5.26 Å².